The Labute approximate surface area is 229 Å². The summed E-state index contributed by atoms with van der Waals surface area (Å²) in [4.78, 5) is 12.0. The van der Waals surface area contributed by atoms with Gasteiger partial charge >= 0.3 is 5.97 Å². The number of unbranched alkanes of at least 4 members (excludes halogenated alkanes) is 13. The summed E-state index contributed by atoms with van der Waals surface area (Å²) in [6, 6.07) is 0. The maximum Gasteiger partial charge on any atom is 0.308 e. The van der Waals surface area contributed by atoms with Crippen LogP contribution in [0.15, 0.2) is 0 Å². The summed E-state index contributed by atoms with van der Waals surface area (Å²) in [6.07, 6.45) is 21.7. The molecule has 1 unspecified atom stereocenters. The molecule has 0 aromatic heterocycles. The van der Waals surface area contributed by atoms with E-state index in [2.05, 4.69) is 13.8 Å². The summed E-state index contributed by atoms with van der Waals surface area (Å²) in [5.41, 5.74) is 0. The lowest BCUT2D eigenvalue weighted by Crippen LogP contribution is -2.20. The van der Waals surface area contributed by atoms with Crippen molar-refractivity contribution in [2.24, 2.45) is 5.92 Å². The van der Waals surface area contributed by atoms with Crippen molar-refractivity contribution in [3.63, 3.8) is 0 Å². The van der Waals surface area contributed by atoms with Crippen LogP contribution in [0.3, 0.4) is 0 Å². The van der Waals surface area contributed by atoms with Gasteiger partial charge in [-0.15, -0.1) is 0 Å². The monoisotopic (exact) mass is 530 g/mol. The van der Waals surface area contributed by atoms with E-state index in [0.717, 1.165) is 38.7 Å². The van der Waals surface area contributed by atoms with E-state index >= 15 is 0 Å². The maximum atomic E-state index is 12.0. The first-order valence-corrected chi connectivity index (χ1v) is 15.7. The van der Waals surface area contributed by atoms with Crippen LogP contribution >= 0.6 is 0 Å². The number of rotatable bonds is 31. The molecule has 6 nitrogen and oxygen atoms in total. The molecule has 0 aliphatic carbocycles. The zero-order valence-corrected chi connectivity index (χ0v) is 24.9. The van der Waals surface area contributed by atoms with Gasteiger partial charge < -0.3 is 23.7 Å². The van der Waals surface area contributed by atoms with Gasteiger partial charge in [-0.05, 0) is 19.3 Å². The fourth-order valence-corrected chi connectivity index (χ4v) is 4.24. The van der Waals surface area contributed by atoms with Crippen molar-refractivity contribution in [1.29, 1.82) is 0 Å². The molecule has 0 aliphatic heterocycles. The van der Waals surface area contributed by atoms with E-state index in [1.54, 1.807) is 0 Å². The van der Waals surface area contributed by atoms with E-state index in [4.69, 9.17) is 23.7 Å². The van der Waals surface area contributed by atoms with Crippen LogP contribution < -0.4 is 0 Å². The highest BCUT2D eigenvalue weighted by Crippen LogP contribution is 2.14. The molecule has 0 saturated carbocycles. The van der Waals surface area contributed by atoms with Crippen molar-refractivity contribution in [2.45, 2.75) is 130 Å². The topological polar surface area (TPSA) is 63.2 Å². The van der Waals surface area contributed by atoms with E-state index in [1.807, 2.05) is 6.92 Å². The number of carbonyl (C=O) groups excluding carboxylic acids is 1. The van der Waals surface area contributed by atoms with E-state index in [0.29, 0.717) is 52.9 Å². The zero-order chi connectivity index (χ0) is 27.1. The average Bonchev–Trinajstić information content (AvgIpc) is 2.91. The number of carbonyl (C=O) groups is 1. The summed E-state index contributed by atoms with van der Waals surface area (Å²) in [6.45, 7) is 11.4. The van der Waals surface area contributed by atoms with Gasteiger partial charge in [0.05, 0.1) is 52.2 Å². The third kappa shape index (κ3) is 28.1. The van der Waals surface area contributed by atoms with Gasteiger partial charge in [-0.2, -0.15) is 0 Å². The van der Waals surface area contributed by atoms with Crippen LogP contribution in [-0.4, -0.2) is 65.4 Å². The minimum atomic E-state index is -0.0960. The van der Waals surface area contributed by atoms with E-state index in [9.17, 15) is 4.79 Å². The molecule has 0 radical (unpaired) electrons. The first-order valence-electron chi connectivity index (χ1n) is 15.7. The molecule has 0 aromatic rings. The first kappa shape index (κ1) is 36.3. The van der Waals surface area contributed by atoms with E-state index in [1.165, 1.54) is 77.0 Å². The summed E-state index contributed by atoms with van der Waals surface area (Å²) in [5, 5.41) is 0. The molecule has 37 heavy (non-hydrogen) atoms. The fraction of sp³-hybridized carbons (Fsp3) is 0.968. The molecule has 6 heteroatoms. The van der Waals surface area contributed by atoms with Gasteiger partial charge in [0.25, 0.3) is 0 Å². The summed E-state index contributed by atoms with van der Waals surface area (Å²) < 4.78 is 27.5. The first-order chi connectivity index (χ1) is 18.3. The third-order valence-electron chi connectivity index (χ3n) is 6.71. The highest BCUT2D eigenvalue weighted by molar-refractivity contribution is 5.72. The Kier molecular flexibility index (Phi) is 30.9. The molecule has 1 atom stereocenters. The minimum Gasteiger partial charge on any atom is -0.463 e. The zero-order valence-electron chi connectivity index (χ0n) is 24.9. The Balaban J connectivity index is 3.16. The lowest BCUT2D eigenvalue weighted by atomic mass is 10.00. The highest BCUT2D eigenvalue weighted by atomic mass is 16.6. The largest absolute Gasteiger partial charge is 0.463 e. The lowest BCUT2D eigenvalue weighted by molar-refractivity contribution is -0.150. The van der Waals surface area contributed by atoms with Gasteiger partial charge in [-0.3, -0.25) is 4.79 Å². The third-order valence-corrected chi connectivity index (χ3v) is 6.71. The fourth-order valence-electron chi connectivity index (χ4n) is 4.24. The SMILES string of the molecule is CCCCCCCCCCCCCCCOCCOCCOCCOCCOC(=O)C(CC)CCCC. The molecule has 0 N–H and O–H groups in total. The molecule has 0 bridgehead atoms. The Morgan fingerprint density at radius 1 is 0.459 bits per heavy atom. The van der Waals surface area contributed by atoms with Crippen LogP contribution in [0, 0.1) is 5.92 Å². The molecule has 0 heterocycles. The van der Waals surface area contributed by atoms with Crippen molar-refractivity contribution in [1.82, 2.24) is 0 Å². The molecular weight excluding hydrogens is 468 g/mol. The van der Waals surface area contributed by atoms with Crippen molar-refractivity contribution in [3.05, 3.63) is 0 Å². The number of hydrogen-bond donors (Lipinski definition) is 0. The Hall–Kier alpha value is -0.690. The van der Waals surface area contributed by atoms with E-state index < -0.39 is 0 Å². The number of hydrogen-bond acceptors (Lipinski definition) is 6. The number of ether oxygens (including phenoxy) is 5. The molecule has 0 aromatic carbocycles. The van der Waals surface area contributed by atoms with Gasteiger partial charge in [-0.1, -0.05) is 111 Å². The Morgan fingerprint density at radius 2 is 0.838 bits per heavy atom. The van der Waals surface area contributed by atoms with Gasteiger partial charge in [0.15, 0.2) is 0 Å². The lowest BCUT2D eigenvalue weighted by Gasteiger charge is -2.13. The van der Waals surface area contributed by atoms with Gasteiger partial charge in [0.1, 0.15) is 6.61 Å². The van der Waals surface area contributed by atoms with Crippen molar-refractivity contribution in [2.75, 3.05) is 59.5 Å². The van der Waals surface area contributed by atoms with Crippen molar-refractivity contribution < 1.29 is 28.5 Å². The van der Waals surface area contributed by atoms with Gasteiger partial charge in [-0.25, -0.2) is 0 Å². The van der Waals surface area contributed by atoms with Crippen molar-refractivity contribution in [3.8, 4) is 0 Å². The van der Waals surface area contributed by atoms with Gasteiger partial charge in [0, 0.05) is 6.61 Å². The predicted molar refractivity (Wildman–Crippen MR) is 153 cm³/mol. The molecule has 0 rings (SSSR count). The molecular formula is C31H62O6. The van der Waals surface area contributed by atoms with Gasteiger partial charge in [0.2, 0.25) is 0 Å². The maximum absolute atomic E-state index is 12.0. The highest BCUT2D eigenvalue weighted by Gasteiger charge is 2.16. The Morgan fingerprint density at radius 3 is 1.27 bits per heavy atom. The Bertz CT molecular complexity index is 445. The average molecular weight is 531 g/mol. The molecule has 0 fully saturated rings. The van der Waals surface area contributed by atoms with Crippen LogP contribution in [0.25, 0.3) is 0 Å². The van der Waals surface area contributed by atoms with Crippen LogP contribution in [0.1, 0.15) is 130 Å². The van der Waals surface area contributed by atoms with Crippen LogP contribution in [0.5, 0.6) is 0 Å². The predicted octanol–water partition coefficient (Wildman–Crippen LogP) is 7.90. The van der Waals surface area contributed by atoms with E-state index in [-0.39, 0.29) is 11.9 Å². The standard InChI is InChI=1S/C31H62O6/c1-4-7-9-10-11-12-13-14-15-16-17-18-19-21-33-22-23-34-24-25-35-26-27-36-28-29-37-31(32)30(6-3)20-8-5-2/h30H,4-29H2,1-3H3. The van der Waals surface area contributed by atoms with Crippen molar-refractivity contribution >= 4 is 5.97 Å². The second-order valence-electron chi connectivity index (χ2n) is 10.1. The number of esters is 1. The summed E-state index contributed by atoms with van der Waals surface area (Å²) in [7, 11) is 0. The smallest absolute Gasteiger partial charge is 0.308 e. The molecule has 222 valence electrons. The molecule has 0 spiro atoms. The molecule has 0 amide bonds. The van der Waals surface area contributed by atoms with Crippen LogP contribution in [0.4, 0.5) is 0 Å². The molecule has 0 saturated heterocycles. The van der Waals surface area contributed by atoms with Crippen LogP contribution in [0.2, 0.25) is 0 Å². The molecule has 0 aliphatic rings. The second kappa shape index (κ2) is 31.5. The normalized spacial score (nSPS) is 12.2. The quantitative estimate of drug-likeness (QED) is 0.0670. The summed E-state index contributed by atoms with van der Waals surface area (Å²) in [5.74, 6) is -0.0748. The second-order valence-corrected chi connectivity index (χ2v) is 10.1. The summed E-state index contributed by atoms with van der Waals surface area (Å²) >= 11 is 0. The minimum absolute atomic E-state index is 0.0212. The van der Waals surface area contributed by atoms with Crippen LogP contribution in [-0.2, 0) is 28.5 Å².